The SMILES string of the molecule is CC(C)(C)c1cc(N)n(C(=O)Nc2ccc(-n3cnc4cc(F)ccc43)cc2)n1.CC(C)(C)c1cc(N)n[nH]1.CC(C)(C)c1cc(NC(=O)Nc2ccc(-n3cnc4cc(F)ccc43)cc2)n[nH]1.Nc1ccc(-n2cnc3cc(F)ccc32)cc1.O=C(Cl)Oc1ccccc1.O=C(Nc1ccc(-n2cnc3cc(F)ccc32)cc1)Oc1ccccc1. The summed E-state index contributed by atoms with van der Waals surface area (Å²) < 4.78 is 71.3. The van der Waals surface area contributed by atoms with E-state index in [2.05, 4.69) is 113 Å². The highest BCUT2D eigenvalue weighted by molar-refractivity contribution is 6.61. The van der Waals surface area contributed by atoms with Crippen molar-refractivity contribution in [2.45, 2.75) is 78.6 Å². The Balaban J connectivity index is 0.000000138. The Hall–Kier alpha value is -15.4. The van der Waals surface area contributed by atoms with Crippen molar-refractivity contribution in [3.63, 3.8) is 0 Å². The first kappa shape index (κ1) is 85.0. The van der Waals surface area contributed by atoms with Crippen molar-refractivity contribution >= 4 is 120 Å². The molecule has 7 heterocycles. The molecule has 0 atom stereocenters. The van der Waals surface area contributed by atoms with Gasteiger partial charge in [-0.05, 0) is 170 Å². The number of hydrogen-bond donors (Lipinski definition) is 9. The van der Waals surface area contributed by atoms with Gasteiger partial charge < -0.3 is 37.3 Å². The van der Waals surface area contributed by atoms with Crippen LogP contribution in [0.1, 0.15) is 79.4 Å². The van der Waals surface area contributed by atoms with Crippen LogP contribution < -0.4 is 47.9 Å². The Kier molecular flexibility index (Phi) is 26.2. The fraction of sp³-hybridized carbons (Fsp3) is 0.135. The number of H-pyrrole nitrogens is 2. The molecule has 0 unspecified atom stereocenters. The van der Waals surface area contributed by atoms with Gasteiger partial charge in [0.15, 0.2) is 5.82 Å². The van der Waals surface area contributed by atoms with Gasteiger partial charge in [-0.2, -0.15) is 20.0 Å². The Morgan fingerprint density at radius 3 is 1.11 bits per heavy atom. The third kappa shape index (κ3) is 22.6. The summed E-state index contributed by atoms with van der Waals surface area (Å²) in [5.74, 6) is 0.987. The number of nitrogens with two attached hydrogens (primary N) is 3. The highest BCUT2D eigenvalue weighted by Gasteiger charge is 2.23. The highest BCUT2D eigenvalue weighted by Crippen LogP contribution is 2.29. The molecule has 17 rings (SSSR count). The van der Waals surface area contributed by atoms with E-state index in [0.29, 0.717) is 68.0 Å². The fourth-order valence-corrected chi connectivity index (χ4v) is 11.8. The second-order valence-electron chi connectivity index (χ2n) is 30.2. The lowest BCUT2D eigenvalue weighted by molar-refractivity contribution is 0.215. The molecule has 0 aliphatic heterocycles. The largest absolute Gasteiger partial charge is 0.417 e. The van der Waals surface area contributed by atoms with Gasteiger partial charge in [0.1, 0.15) is 71.7 Å². The molecule has 10 aromatic carbocycles. The number of nitrogen functional groups attached to an aromatic ring is 3. The molecule has 0 bridgehead atoms. The van der Waals surface area contributed by atoms with E-state index in [-0.39, 0.29) is 51.4 Å². The van der Waals surface area contributed by atoms with E-state index in [0.717, 1.165) is 66.6 Å². The first-order valence-electron chi connectivity index (χ1n) is 37.5. The van der Waals surface area contributed by atoms with E-state index in [1.165, 1.54) is 48.5 Å². The van der Waals surface area contributed by atoms with E-state index in [9.17, 15) is 36.7 Å². The summed E-state index contributed by atoms with van der Waals surface area (Å²) in [6, 6.07) is 69.2. The maximum atomic E-state index is 13.4. The van der Waals surface area contributed by atoms with Gasteiger partial charge >= 0.3 is 23.6 Å². The number of fused-ring (bicyclic) bond motifs is 4. The number of urea groups is 1. The van der Waals surface area contributed by atoms with Crippen molar-refractivity contribution in [3.8, 4) is 34.2 Å². The minimum absolute atomic E-state index is 0.0809. The van der Waals surface area contributed by atoms with Crippen molar-refractivity contribution in [2.24, 2.45) is 0 Å². The number of carbonyl (C=O) groups excluding carboxylic acids is 4. The molecule has 0 saturated heterocycles. The number of rotatable bonds is 10. The summed E-state index contributed by atoms with van der Waals surface area (Å²) in [5, 5.41) is 29.0. The van der Waals surface area contributed by atoms with Crippen LogP contribution in [-0.4, -0.2) is 92.0 Å². The second kappa shape index (κ2) is 37.3. The van der Waals surface area contributed by atoms with E-state index in [4.69, 9.17) is 33.5 Å². The number of benzene rings is 10. The summed E-state index contributed by atoms with van der Waals surface area (Å²) >= 11 is 4.95. The molecule has 27 nitrogen and oxygen atoms in total. The lowest BCUT2D eigenvalue weighted by atomic mass is 9.92. The van der Waals surface area contributed by atoms with Gasteiger partial charge in [-0.3, -0.25) is 39.1 Å². The van der Waals surface area contributed by atoms with E-state index in [1.54, 1.807) is 141 Å². The van der Waals surface area contributed by atoms with Crippen molar-refractivity contribution in [1.82, 2.24) is 68.4 Å². The average molecular weight is 1660 g/mol. The topological polar surface area (TPSA) is 359 Å². The summed E-state index contributed by atoms with van der Waals surface area (Å²) in [6.45, 7) is 18.5. The number of anilines is 7. The molecular formula is C89H84ClF4N21O6. The number of nitrogens with one attached hydrogen (secondary N) is 6. The number of hydrogen-bond acceptors (Lipinski definition) is 16. The smallest absolute Gasteiger partial charge is 0.415 e. The molecule has 0 fully saturated rings. The monoisotopic (exact) mass is 1650 g/mol. The van der Waals surface area contributed by atoms with Crippen LogP contribution in [0.3, 0.4) is 0 Å². The molecule has 12 N–H and O–H groups in total. The van der Waals surface area contributed by atoms with Gasteiger partial charge in [0.25, 0.3) is 0 Å². The van der Waals surface area contributed by atoms with Gasteiger partial charge in [0.05, 0.1) is 49.8 Å². The first-order chi connectivity index (χ1) is 57.7. The second-order valence-corrected chi connectivity index (χ2v) is 30.5. The van der Waals surface area contributed by atoms with Crippen molar-refractivity contribution < 1.29 is 46.2 Å². The molecule has 32 heteroatoms. The number of aromatic amines is 2. The van der Waals surface area contributed by atoms with Gasteiger partial charge in [-0.15, -0.1) is 0 Å². The number of imidazole rings is 4. The number of nitrogens with zero attached hydrogens (tertiary/aromatic N) is 12. The lowest BCUT2D eigenvalue weighted by Crippen LogP contribution is -2.23. The van der Waals surface area contributed by atoms with Crippen LogP contribution in [0.4, 0.5) is 76.9 Å². The van der Waals surface area contributed by atoms with Gasteiger partial charge in [0, 0.05) is 127 Å². The molecule has 7 aromatic heterocycles. The summed E-state index contributed by atoms with van der Waals surface area (Å²) in [6.07, 6.45) is 6.03. The molecule has 121 heavy (non-hydrogen) atoms. The summed E-state index contributed by atoms with van der Waals surface area (Å²) in [4.78, 5) is 63.7. The molecule has 0 aliphatic carbocycles. The number of aromatic nitrogens is 14. The third-order valence-electron chi connectivity index (χ3n) is 18.0. The maximum absolute atomic E-state index is 13.4. The number of halogens is 5. The van der Waals surface area contributed by atoms with E-state index >= 15 is 0 Å². The van der Waals surface area contributed by atoms with Crippen molar-refractivity contribution in [1.29, 1.82) is 0 Å². The molecule has 0 aliphatic rings. The van der Waals surface area contributed by atoms with Crippen LogP contribution in [0.25, 0.3) is 66.9 Å². The van der Waals surface area contributed by atoms with Crippen molar-refractivity contribution in [2.75, 3.05) is 38.5 Å². The zero-order valence-corrected chi connectivity index (χ0v) is 67.7. The van der Waals surface area contributed by atoms with E-state index < -0.39 is 17.6 Å². The standard InChI is InChI=1S/2C21H21FN6O.C20H14FN3O2.C13H10FN3.C7H5ClO2.C7H13N3/c1-21(2,3)18-11-19(23)28(26-18)20(29)25-14-5-7-15(8-6-14)27-12-24-16-10-13(22)4-9-17(16)27;1-21(2,3)18-11-19(27-26-18)25-20(29)24-14-5-7-15(8-6-14)28-12-23-16-10-13(22)4-9-17(16)28;21-14-6-11-19-18(12-14)22-13-24(19)16-9-7-15(8-10-16)23-20(25)26-17-4-2-1-3-5-17;14-9-1-6-13-12(7-9)16-8-17(13)11-4-2-10(15)3-5-11;8-7(9)10-6-4-2-1-3-5-6;1-7(2,3)5-4-6(8)10-9-5/h4-12H,23H2,1-3H3,(H,25,29);4-12H,1-3H3,(H3,24,25,26,27,29);1-13H,(H,23,25);1-8H,15H2;1-5H;4H,1-3H3,(H3,8,9,10). The van der Waals surface area contributed by atoms with Gasteiger partial charge in [0.2, 0.25) is 0 Å². The quantitative estimate of drug-likeness (QED) is 0.0349. The predicted molar refractivity (Wildman–Crippen MR) is 464 cm³/mol. The predicted octanol–water partition coefficient (Wildman–Crippen LogP) is 20.4. The highest BCUT2D eigenvalue weighted by atomic mass is 35.5. The third-order valence-corrected chi connectivity index (χ3v) is 18.1. The Bertz CT molecular complexity index is 6430. The van der Waals surface area contributed by atoms with Crippen molar-refractivity contribution in [3.05, 3.63) is 314 Å². The zero-order valence-electron chi connectivity index (χ0n) is 66.9. The number of para-hydroxylation sites is 2. The molecule has 0 saturated carbocycles. The molecule has 0 radical (unpaired) electrons. The Morgan fingerprint density at radius 1 is 0.397 bits per heavy atom. The molecule has 616 valence electrons. The summed E-state index contributed by atoms with van der Waals surface area (Å²) in [5.41, 5.74) is 30.5. The number of ether oxygens (including phenoxy) is 2. The number of amides is 4. The molecule has 4 amide bonds. The first-order valence-corrected chi connectivity index (χ1v) is 37.9. The minimum Gasteiger partial charge on any atom is -0.415 e. The molecule has 17 aromatic rings. The van der Waals surface area contributed by atoms with Gasteiger partial charge in [-0.1, -0.05) is 98.7 Å². The maximum Gasteiger partial charge on any atom is 0.417 e. The minimum atomic E-state index is -0.814. The van der Waals surface area contributed by atoms with Crippen LogP contribution in [0.5, 0.6) is 11.5 Å². The Labute approximate surface area is 696 Å². The van der Waals surface area contributed by atoms with Crippen LogP contribution in [-0.2, 0) is 16.2 Å². The normalized spacial score (nSPS) is 11.1. The van der Waals surface area contributed by atoms with Crippen LogP contribution in [0.2, 0.25) is 0 Å². The lowest BCUT2D eigenvalue weighted by Gasteiger charge is -2.14. The number of carbonyl (C=O) groups is 4. The summed E-state index contributed by atoms with van der Waals surface area (Å²) in [7, 11) is 0. The van der Waals surface area contributed by atoms with Crippen LogP contribution in [0.15, 0.2) is 274 Å². The zero-order chi connectivity index (χ0) is 86.3. The van der Waals surface area contributed by atoms with E-state index in [1.807, 2.05) is 124 Å². The van der Waals surface area contributed by atoms with Gasteiger partial charge in [-0.25, -0.2) is 56.7 Å². The average Bonchev–Trinajstić information content (AvgIpc) is 1.66. The van der Waals surface area contributed by atoms with Crippen LogP contribution >= 0.6 is 11.6 Å². The molecule has 0 spiro atoms. The molecular weight excluding hydrogens is 1570 g/mol. The fourth-order valence-electron chi connectivity index (χ4n) is 11.7. The van der Waals surface area contributed by atoms with Crippen LogP contribution in [0, 0.1) is 23.3 Å². The Morgan fingerprint density at radius 2 is 0.760 bits per heavy atom.